The van der Waals surface area contributed by atoms with Crippen LogP contribution in [0.3, 0.4) is 0 Å². The van der Waals surface area contributed by atoms with E-state index in [1.807, 2.05) is 31.2 Å². The molecule has 0 spiro atoms. The van der Waals surface area contributed by atoms with E-state index in [0.29, 0.717) is 30.9 Å². The number of methoxy groups -OCH3 is 1. The highest BCUT2D eigenvalue weighted by Gasteiger charge is 2.18. The molecule has 0 aliphatic heterocycles. The van der Waals surface area contributed by atoms with E-state index < -0.39 is 12.1 Å². The Kier molecular flexibility index (Phi) is 8.34. The van der Waals surface area contributed by atoms with Crippen LogP contribution >= 0.6 is 0 Å². The molecule has 0 aliphatic carbocycles. The van der Waals surface area contributed by atoms with Crippen LogP contribution in [0.5, 0.6) is 11.5 Å². The van der Waals surface area contributed by atoms with E-state index in [0.717, 1.165) is 17.7 Å². The predicted molar refractivity (Wildman–Crippen MR) is 107 cm³/mol. The van der Waals surface area contributed by atoms with Gasteiger partial charge in [0.05, 0.1) is 19.3 Å². The molecule has 0 saturated heterocycles. The standard InChI is InChI=1S/C22H27NO5/c1-4-15-27-20-11-7-18(8-12-20)22(25)28-16(2)21(24)23-14-13-17-5-9-19(26-3)10-6-17/h5-12,16H,4,13-15H2,1-3H3,(H,23,24)/t16-/m1/s1. The lowest BCUT2D eigenvalue weighted by molar-refractivity contribution is -0.129. The van der Waals surface area contributed by atoms with Crippen LogP contribution in [0.4, 0.5) is 0 Å². The van der Waals surface area contributed by atoms with Gasteiger partial charge in [0.2, 0.25) is 0 Å². The van der Waals surface area contributed by atoms with Gasteiger partial charge in [-0.15, -0.1) is 0 Å². The number of rotatable bonds is 10. The quantitative estimate of drug-likeness (QED) is 0.635. The van der Waals surface area contributed by atoms with Gasteiger partial charge in [0.1, 0.15) is 11.5 Å². The van der Waals surface area contributed by atoms with E-state index >= 15 is 0 Å². The van der Waals surface area contributed by atoms with E-state index in [1.54, 1.807) is 38.3 Å². The summed E-state index contributed by atoms with van der Waals surface area (Å²) < 4.78 is 15.8. The monoisotopic (exact) mass is 385 g/mol. The van der Waals surface area contributed by atoms with E-state index in [9.17, 15) is 9.59 Å². The van der Waals surface area contributed by atoms with Gasteiger partial charge in [0, 0.05) is 6.54 Å². The summed E-state index contributed by atoms with van der Waals surface area (Å²) in [6.45, 7) is 4.66. The van der Waals surface area contributed by atoms with Gasteiger partial charge in [-0.05, 0) is 61.7 Å². The van der Waals surface area contributed by atoms with Crippen molar-refractivity contribution in [1.82, 2.24) is 5.32 Å². The second kappa shape index (κ2) is 11.0. The van der Waals surface area contributed by atoms with Gasteiger partial charge < -0.3 is 19.5 Å². The summed E-state index contributed by atoms with van der Waals surface area (Å²) >= 11 is 0. The Balaban J connectivity index is 1.76. The van der Waals surface area contributed by atoms with E-state index in [1.165, 1.54) is 0 Å². The molecule has 0 aliphatic rings. The molecule has 1 amide bonds. The Labute approximate surface area is 165 Å². The molecule has 0 heterocycles. The number of benzene rings is 2. The van der Waals surface area contributed by atoms with Crippen molar-refractivity contribution in [2.24, 2.45) is 0 Å². The van der Waals surface area contributed by atoms with Crippen molar-refractivity contribution in [2.75, 3.05) is 20.3 Å². The maximum absolute atomic E-state index is 12.2. The largest absolute Gasteiger partial charge is 0.497 e. The van der Waals surface area contributed by atoms with Crippen LogP contribution < -0.4 is 14.8 Å². The third kappa shape index (κ3) is 6.61. The van der Waals surface area contributed by atoms with E-state index in [4.69, 9.17) is 14.2 Å². The van der Waals surface area contributed by atoms with Gasteiger partial charge in [-0.2, -0.15) is 0 Å². The number of amides is 1. The third-order valence-corrected chi connectivity index (χ3v) is 4.09. The molecule has 0 saturated carbocycles. The number of nitrogens with one attached hydrogen (secondary N) is 1. The van der Waals surface area contributed by atoms with Crippen molar-refractivity contribution in [2.45, 2.75) is 32.8 Å². The molecule has 6 nitrogen and oxygen atoms in total. The fourth-order valence-electron chi connectivity index (χ4n) is 2.46. The second-order valence-electron chi connectivity index (χ2n) is 6.31. The van der Waals surface area contributed by atoms with Crippen LogP contribution in [-0.4, -0.2) is 38.2 Å². The molecule has 28 heavy (non-hydrogen) atoms. The third-order valence-electron chi connectivity index (χ3n) is 4.09. The van der Waals surface area contributed by atoms with Gasteiger partial charge in [0.15, 0.2) is 6.10 Å². The summed E-state index contributed by atoms with van der Waals surface area (Å²) in [5, 5.41) is 2.78. The lowest BCUT2D eigenvalue weighted by Gasteiger charge is -2.14. The summed E-state index contributed by atoms with van der Waals surface area (Å²) in [5.41, 5.74) is 1.46. The van der Waals surface area contributed by atoms with Crippen LogP contribution in [0.1, 0.15) is 36.2 Å². The summed E-state index contributed by atoms with van der Waals surface area (Å²) in [4.78, 5) is 24.3. The van der Waals surface area contributed by atoms with Gasteiger partial charge in [0.25, 0.3) is 5.91 Å². The zero-order chi connectivity index (χ0) is 20.4. The van der Waals surface area contributed by atoms with Crippen molar-refractivity contribution >= 4 is 11.9 Å². The van der Waals surface area contributed by atoms with Gasteiger partial charge in [-0.25, -0.2) is 4.79 Å². The predicted octanol–water partition coefficient (Wildman–Crippen LogP) is 3.39. The first-order chi connectivity index (χ1) is 13.5. The lowest BCUT2D eigenvalue weighted by atomic mass is 10.1. The molecule has 2 aromatic rings. The number of hydrogen-bond donors (Lipinski definition) is 1. The summed E-state index contributed by atoms with van der Waals surface area (Å²) in [5.74, 6) is 0.616. The fraction of sp³-hybridized carbons (Fsp3) is 0.364. The Bertz CT molecular complexity index is 756. The highest BCUT2D eigenvalue weighted by Crippen LogP contribution is 2.14. The van der Waals surface area contributed by atoms with E-state index in [-0.39, 0.29) is 5.91 Å². The minimum absolute atomic E-state index is 0.329. The molecule has 0 bridgehead atoms. The van der Waals surface area contributed by atoms with Gasteiger partial charge in [-0.3, -0.25) is 4.79 Å². The van der Waals surface area contributed by atoms with Crippen LogP contribution in [-0.2, 0) is 16.0 Å². The molecular formula is C22H27NO5. The summed E-state index contributed by atoms with van der Waals surface area (Å²) in [6.07, 6.45) is 0.712. The van der Waals surface area contributed by atoms with Crippen molar-refractivity contribution < 1.29 is 23.8 Å². The number of hydrogen-bond acceptors (Lipinski definition) is 5. The zero-order valence-electron chi connectivity index (χ0n) is 16.6. The SMILES string of the molecule is CCCOc1ccc(C(=O)O[C@H](C)C(=O)NCCc2ccc(OC)cc2)cc1. The first-order valence-corrected chi connectivity index (χ1v) is 9.38. The van der Waals surface area contributed by atoms with Crippen LogP contribution in [0, 0.1) is 0 Å². The molecule has 0 unspecified atom stereocenters. The second-order valence-corrected chi connectivity index (χ2v) is 6.31. The number of ether oxygens (including phenoxy) is 3. The van der Waals surface area contributed by atoms with Crippen LogP contribution in [0.25, 0.3) is 0 Å². The number of esters is 1. The van der Waals surface area contributed by atoms with Crippen LogP contribution in [0.15, 0.2) is 48.5 Å². The Morgan fingerprint density at radius 2 is 1.64 bits per heavy atom. The minimum atomic E-state index is -0.876. The Morgan fingerprint density at radius 1 is 1.00 bits per heavy atom. The Hall–Kier alpha value is -3.02. The fourth-order valence-corrected chi connectivity index (χ4v) is 2.46. The molecule has 0 aromatic heterocycles. The minimum Gasteiger partial charge on any atom is -0.497 e. The molecule has 6 heteroatoms. The molecule has 2 aromatic carbocycles. The van der Waals surface area contributed by atoms with Crippen molar-refractivity contribution in [1.29, 1.82) is 0 Å². The number of carbonyl (C=O) groups excluding carboxylic acids is 2. The van der Waals surface area contributed by atoms with Crippen molar-refractivity contribution in [3.8, 4) is 11.5 Å². The molecular weight excluding hydrogens is 358 g/mol. The highest BCUT2D eigenvalue weighted by atomic mass is 16.5. The molecule has 2 rings (SSSR count). The average Bonchev–Trinajstić information content (AvgIpc) is 2.72. The smallest absolute Gasteiger partial charge is 0.338 e. The maximum atomic E-state index is 12.2. The highest BCUT2D eigenvalue weighted by molar-refractivity contribution is 5.92. The van der Waals surface area contributed by atoms with Crippen LogP contribution in [0.2, 0.25) is 0 Å². The normalized spacial score (nSPS) is 11.4. The maximum Gasteiger partial charge on any atom is 0.338 e. The first-order valence-electron chi connectivity index (χ1n) is 9.38. The number of carbonyl (C=O) groups is 2. The van der Waals surface area contributed by atoms with E-state index in [2.05, 4.69) is 5.32 Å². The Morgan fingerprint density at radius 3 is 2.25 bits per heavy atom. The van der Waals surface area contributed by atoms with Gasteiger partial charge in [-0.1, -0.05) is 19.1 Å². The topological polar surface area (TPSA) is 73.9 Å². The molecule has 1 atom stereocenters. The van der Waals surface area contributed by atoms with Crippen molar-refractivity contribution in [3.63, 3.8) is 0 Å². The lowest BCUT2D eigenvalue weighted by Crippen LogP contribution is -2.36. The molecule has 0 fully saturated rings. The first kappa shape index (κ1) is 21.3. The summed E-state index contributed by atoms with van der Waals surface area (Å²) in [7, 11) is 1.62. The molecule has 150 valence electrons. The zero-order valence-corrected chi connectivity index (χ0v) is 16.6. The van der Waals surface area contributed by atoms with Gasteiger partial charge >= 0.3 is 5.97 Å². The van der Waals surface area contributed by atoms with Crippen molar-refractivity contribution in [3.05, 3.63) is 59.7 Å². The summed E-state index contributed by atoms with van der Waals surface area (Å²) in [6, 6.07) is 14.3. The molecule has 1 N–H and O–H groups in total. The average molecular weight is 385 g/mol. The molecule has 0 radical (unpaired) electrons.